The highest BCUT2D eigenvalue weighted by Crippen LogP contribution is 2.40. The Kier molecular flexibility index (Phi) is 8.88. The van der Waals surface area contributed by atoms with E-state index >= 15 is 0 Å². The van der Waals surface area contributed by atoms with Gasteiger partial charge in [0.05, 0.1) is 18.1 Å². The fraction of sp³-hybridized carbons (Fsp3) is 0.650. The van der Waals surface area contributed by atoms with Crippen LogP contribution in [0.15, 0.2) is 29.3 Å². The summed E-state index contributed by atoms with van der Waals surface area (Å²) in [5.41, 5.74) is 1.34. The van der Waals surface area contributed by atoms with Crippen molar-refractivity contribution in [1.82, 2.24) is 10.6 Å². The first-order valence-corrected chi connectivity index (χ1v) is 12.1. The number of hydrogen-bond donors (Lipinski definition) is 2. The summed E-state index contributed by atoms with van der Waals surface area (Å²) in [7, 11) is -2.91. The summed E-state index contributed by atoms with van der Waals surface area (Å²) < 4.78 is 23.5. The van der Waals surface area contributed by atoms with Gasteiger partial charge in [-0.25, -0.2) is 8.42 Å². The zero-order valence-corrected chi connectivity index (χ0v) is 20.3. The molecule has 1 saturated heterocycles. The van der Waals surface area contributed by atoms with Crippen molar-refractivity contribution in [2.75, 3.05) is 24.6 Å². The third-order valence-corrected chi connectivity index (χ3v) is 7.74. The molecule has 1 aromatic carbocycles. The third-order valence-electron chi connectivity index (χ3n) is 5.72. The first-order valence-electron chi connectivity index (χ1n) is 9.94. The second kappa shape index (κ2) is 10.5. The molecule has 1 aromatic rings. The Morgan fingerprint density at radius 1 is 1.21 bits per heavy atom. The van der Waals surface area contributed by atoms with Crippen LogP contribution in [-0.2, 0) is 15.3 Å². The molecule has 0 bridgehead atoms. The Bertz CT molecular complexity index is 762. The minimum atomic E-state index is -2.91. The van der Waals surface area contributed by atoms with Crippen LogP contribution < -0.4 is 10.6 Å². The molecule has 1 heterocycles. The zero-order valence-electron chi connectivity index (χ0n) is 16.4. The zero-order chi connectivity index (χ0) is 19.3. The lowest BCUT2D eigenvalue weighted by molar-refractivity contribution is 0.301. The summed E-state index contributed by atoms with van der Waals surface area (Å²) in [5, 5.41) is 7.36. The van der Waals surface area contributed by atoms with Gasteiger partial charge in [0, 0.05) is 23.0 Å². The number of rotatable bonds is 5. The molecule has 1 aliphatic heterocycles. The highest BCUT2D eigenvalue weighted by atomic mass is 127. The summed E-state index contributed by atoms with van der Waals surface area (Å²) in [5.74, 6) is 1.18. The van der Waals surface area contributed by atoms with Crippen molar-refractivity contribution < 1.29 is 8.42 Å². The smallest absolute Gasteiger partial charge is 0.191 e. The fourth-order valence-corrected chi connectivity index (χ4v) is 6.02. The van der Waals surface area contributed by atoms with Crippen molar-refractivity contribution in [2.45, 2.75) is 56.9 Å². The van der Waals surface area contributed by atoms with E-state index in [-0.39, 0.29) is 46.9 Å². The summed E-state index contributed by atoms with van der Waals surface area (Å²) in [4.78, 5) is 4.89. The second-order valence-corrected chi connectivity index (χ2v) is 10.5. The van der Waals surface area contributed by atoms with Crippen LogP contribution in [0.3, 0.4) is 0 Å². The van der Waals surface area contributed by atoms with Crippen LogP contribution >= 0.6 is 35.6 Å². The van der Waals surface area contributed by atoms with Crippen LogP contribution in [0.2, 0.25) is 5.02 Å². The average molecular weight is 540 g/mol. The van der Waals surface area contributed by atoms with Gasteiger partial charge in [0.25, 0.3) is 0 Å². The van der Waals surface area contributed by atoms with Crippen molar-refractivity contribution in [3.8, 4) is 0 Å². The topological polar surface area (TPSA) is 70.6 Å². The number of nitrogens with zero attached hydrogens (tertiary/aromatic N) is 1. The summed E-state index contributed by atoms with van der Waals surface area (Å²) in [6.45, 7) is 3.47. The van der Waals surface area contributed by atoms with Gasteiger partial charge in [-0.2, -0.15) is 0 Å². The molecular weight excluding hydrogens is 509 g/mol. The van der Waals surface area contributed by atoms with Crippen molar-refractivity contribution in [3.63, 3.8) is 0 Å². The van der Waals surface area contributed by atoms with E-state index in [1.807, 2.05) is 19.1 Å². The minimum Gasteiger partial charge on any atom is -0.357 e. The molecule has 0 amide bonds. The molecule has 2 aliphatic rings. The van der Waals surface area contributed by atoms with Gasteiger partial charge in [0.2, 0.25) is 0 Å². The maximum Gasteiger partial charge on any atom is 0.191 e. The lowest BCUT2D eigenvalue weighted by atomic mass is 9.69. The van der Waals surface area contributed by atoms with Crippen LogP contribution in [0.25, 0.3) is 0 Å². The van der Waals surface area contributed by atoms with E-state index in [1.54, 1.807) is 0 Å². The molecule has 1 unspecified atom stereocenters. The van der Waals surface area contributed by atoms with E-state index in [1.165, 1.54) is 24.8 Å². The second-order valence-electron chi connectivity index (χ2n) is 7.79. The quantitative estimate of drug-likeness (QED) is 0.338. The van der Waals surface area contributed by atoms with Gasteiger partial charge in [0.15, 0.2) is 15.8 Å². The number of hydrogen-bond acceptors (Lipinski definition) is 3. The predicted molar refractivity (Wildman–Crippen MR) is 128 cm³/mol. The summed E-state index contributed by atoms with van der Waals surface area (Å²) >= 11 is 6.09. The van der Waals surface area contributed by atoms with Crippen LogP contribution in [0.4, 0.5) is 0 Å². The van der Waals surface area contributed by atoms with Crippen LogP contribution in [0, 0.1) is 0 Å². The standard InChI is InChI=1S/C20H30ClN3O2S.HI/c1-2-22-19(24-18-10-13-27(25,26)14-18)23-15-20(11-4-3-5-12-20)16-6-8-17(21)9-7-16;/h6-9,18H,2-5,10-15H2,1H3,(H2,22,23,24);1H. The Morgan fingerprint density at radius 3 is 2.46 bits per heavy atom. The normalized spacial score (nSPS) is 23.6. The molecule has 5 nitrogen and oxygen atoms in total. The highest BCUT2D eigenvalue weighted by molar-refractivity contribution is 14.0. The molecule has 158 valence electrons. The minimum absolute atomic E-state index is 0. The molecule has 3 rings (SSSR count). The maximum absolute atomic E-state index is 11.7. The van der Waals surface area contributed by atoms with E-state index in [9.17, 15) is 8.42 Å². The van der Waals surface area contributed by atoms with E-state index in [2.05, 4.69) is 22.8 Å². The van der Waals surface area contributed by atoms with Crippen molar-refractivity contribution >= 4 is 51.4 Å². The van der Waals surface area contributed by atoms with Crippen LogP contribution in [0.1, 0.15) is 51.0 Å². The Hall–Kier alpha value is -0.540. The van der Waals surface area contributed by atoms with Crippen molar-refractivity contribution in [2.24, 2.45) is 4.99 Å². The molecule has 1 atom stereocenters. The van der Waals surface area contributed by atoms with Gasteiger partial charge in [0.1, 0.15) is 0 Å². The van der Waals surface area contributed by atoms with Gasteiger partial charge in [-0.15, -0.1) is 24.0 Å². The van der Waals surface area contributed by atoms with Gasteiger partial charge in [-0.05, 0) is 43.9 Å². The van der Waals surface area contributed by atoms with Gasteiger partial charge >= 0.3 is 0 Å². The van der Waals surface area contributed by atoms with Crippen LogP contribution in [0.5, 0.6) is 0 Å². The van der Waals surface area contributed by atoms with Crippen molar-refractivity contribution in [3.05, 3.63) is 34.9 Å². The van der Waals surface area contributed by atoms with E-state index in [4.69, 9.17) is 16.6 Å². The van der Waals surface area contributed by atoms with Gasteiger partial charge in [-0.1, -0.05) is 43.0 Å². The largest absolute Gasteiger partial charge is 0.357 e. The molecule has 2 N–H and O–H groups in total. The molecule has 0 spiro atoms. The fourth-order valence-electron chi connectivity index (χ4n) is 4.22. The highest BCUT2D eigenvalue weighted by Gasteiger charge is 2.34. The number of aliphatic imine (C=N–C) groups is 1. The third kappa shape index (κ3) is 6.23. The molecule has 0 aromatic heterocycles. The SMILES string of the molecule is CCNC(=NCC1(c2ccc(Cl)cc2)CCCCC1)NC1CCS(=O)(=O)C1.I. The molecule has 8 heteroatoms. The predicted octanol–water partition coefficient (Wildman–Crippen LogP) is 3.90. The molecule has 0 radical (unpaired) electrons. The Labute approximate surface area is 191 Å². The number of benzene rings is 1. The van der Waals surface area contributed by atoms with Crippen LogP contribution in [-0.4, -0.2) is 45.0 Å². The monoisotopic (exact) mass is 539 g/mol. The summed E-state index contributed by atoms with van der Waals surface area (Å²) in [6, 6.07) is 8.14. The van der Waals surface area contributed by atoms with Gasteiger partial charge < -0.3 is 10.6 Å². The first-order chi connectivity index (χ1) is 12.9. The average Bonchev–Trinajstić information content (AvgIpc) is 3.00. The van der Waals surface area contributed by atoms with E-state index < -0.39 is 9.84 Å². The summed E-state index contributed by atoms with van der Waals surface area (Å²) in [6.07, 6.45) is 6.59. The molecule has 2 fully saturated rings. The van der Waals surface area contributed by atoms with Crippen molar-refractivity contribution in [1.29, 1.82) is 0 Å². The number of sulfone groups is 1. The number of nitrogens with one attached hydrogen (secondary N) is 2. The van der Waals surface area contributed by atoms with Gasteiger partial charge in [-0.3, -0.25) is 4.99 Å². The lowest BCUT2D eigenvalue weighted by Crippen LogP contribution is -2.45. The van der Waals surface area contributed by atoms with E-state index in [0.29, 0.717) is 13.0 Å². The Morgan fingerprint density at radius 2 is 1.89 bits per heavy atom. The molecule has 1 saturated carbocycles. The first kappa shape index (κ1) is 23.7. The molecule has 1 aliphatic carbocycles. The molecular formula is C20H31ClIN3O2S. The van der Waals surface area contributed by atoms with E-state index in [0.717, 1.165) is 30.4 Å². The number of guanidine groups is 1. The number of halogens is 2. The lowest BCUT2D eigenvalue weighted by Gasteiger charge is -2.37. The molecule has 28 heavy (non-hydrogen) atoms. The Balaban J connectivity index is 0.00000280. The maximum atomic E-state index is 11.7.